The Morgan fingerprint density at radius 3 is 2.52 bits per heavy atom. The fraction of sp³-hybridized carbons (Fsp3) is 0.294. The van der Waals surface area contributed by atoms with Gasteiger partial charge in [0.1, 0.15) is 5.41 Å². The Bertz CT molecular complexity index is 613. The number of hydrogen-bond donors (Lipinski definition) is 1. The molecular weight excluding hydrogens is 264 g/mol. The van der Waals surface area contributed by atoms with E-state index in [9.17, 15) is 4.79 Å². The second kappa shape index (κ2) is 6.50. The number of pyridine rings is 1. The molecule has 0 aliphatic carbocycles. The van der Waals surface area contributed by atoms with E-state index >= 15 is 0 Å². The molecule has 1 unspecified atom stereocenters. The molecule has 1 aromatic carbocycles. The summed E-state index contributed by atoms with van der Waals surface area (Å²) in [6.45, 7) is 2.14. The molecule has 0 aliphatic rings. The number of hydrogen-bond acceptors (Lipinski definition) is 4. The number of rotatable bonds is 5. The van der Waals surface area contributed by atoms with Gasteiger partial charge in [-0.25, -0.2) is 0 Å². The minimum atomic E-state index is -0.908. The van der Waals surface area contributed by atoms with E-state index in [4.69, 9.17) is 10.5 Å². The summed E-state index contributed by atoms with van der Waals surface area (Å²) in [5, 5.41) is 0. The molecule has 0 amide bonds. The van der Waals surface area contributed by atoms with Crippen LogP contribution in [0.4, 0.5) is 0 Å². The van der Waals surface area contributed by atoms with Gasteiger partial charge in [-0.15, -0.1) is 0 Å². The van der Waals surface area contributed by atoms with Crippen LogP contribution in [0.15, 0.2) is 48.7 Å². The number of aromatic nitrogens is 1. The van der Waals surface area contributed by atoms with Gasteiger partial charge in [-0.3, -0.25) is 9.78 Å². The maximum atomic E-state index is 12.5. The molecule has 0 fully saturated rings. The molecule has 0 saturated carbocycles. The fourth-order valence-corrected chi connectivity index (χ4v) is 2.66. The van der Waals surface area contributed by atoms with E-state index in [0.29, 0.717) is 6.42 Å². The molecule has 1 atom stereocenters. The van der Waals surface area contributed by atoms with Gasteiger partial charge in [-0.2, -0.15) is 0 Å². The minimum Gasteiger partial charge on any atom is -0.468 e. The Morgan fingerprint density at radius 1 is 1.24 bits per heavy atom. The van der Waals surface area contributed by atoms with Gasteiger partial charge in [0.15, 0.2) is 0 Å². The Hall–Kier alpha value is -2.20. The SMILES string of the molecule is COC(=O)C(CN)(Cc1ccccn1)c1ccccc1C. The lowest BCUT2D eigenvalue weighted by atomic mass is 9.74. The molecule has 0 bridgehead atoms. The molecule has 0 radical (unpaired) electrons. The second-order valence-electron chi connectivity index (χ2n) is 5.09. The quantitative estimate of drug-likeness (QED) is 0.853. The zero-order valence-corrected chi connectivity index (χ0v) is 12.4. The van der Waals surface area contributed by atoms with Crippen LogP contribution in [0.5, 0.6) is 0 Å². The maximum Gasteiger partial charge on any atom is 0.317 e. The van der Waals surface area contributed by atoms with Crippen LogP contribution in [-0.4, -0.2) is 24.6 Å². The van der Waals surface area contributed by atoms with Crippen LogP contribution >= 0.6 is 0 Å². The minimum absolute atomic E-state index is 0.168. The van der Waals surface area contributed by atoms with E-state index in [2.05, 4.69) is 4.98 Å². The highest BCUT2D eigenvalue weighted by Gasteiger charge is 2.41. The Morgan fingerprint density at radius 2 is 1.95 bits per heavy atom. The van der Waals surface area contributed by atoms with Crippen LogP contribution in [0.25, 0.3) is 0 Å². The van der Waals surface area contributed by atoms with Crippen LogP contribution in [0, 0.1) is 6.92 Å². The van der Waals surface area contributed by atoms with Crippen LogP contribution in [0.2, 0.25) is 0 Å². The third kappa shape index (κ3) is 2.95. The van der Waals surface area contributed by atoms with Crippen molar-refractivity contribution in [1.29, 1.82) is 0 Å². The number of esters is 1. The van der Waals surface area contributed by atoms with Gasteiger partial charge < -0.3 is 10.5 Å². The smallest absolute Gasteiger partial charge is 0.317 e. The van der Waals surface area contributed by atoms with Gasteiger partial charge in [-0.1, -0.05) is 30.3 Å². The number of methoxy groups -OCH3 is 1. The van der Waals surface area contributed by atoms with Crippen LogP contribution in [0.3, 0.4) is 0 Å². The van der Waals surface area contributed by atoms with E-state index in [1.807, 2.05) is 49.4 Å². The van der Waals surface area contributed by atoms with E-state index in [1.54, 1.807) is 6.20 Å². The number of carbonyl (C=O) groups is 1. The molecule has 4 nitrogen and oxygen atoms in total. The topological polar surface area (TPSA) is 65.2 Å². The highest BCUT2D eigenvalue weighted by molar-refractivity contribution is 5.84. The van der Waals surface area contributed by atoms with Crippen LogP contribution in [0.1, 0.15) is 16.8 Å². The van der Waals surface area contributed by atoms with Crippen LogP contribution < -0.4 is 5.73 Å². The molecular formula is C17H20N2O2. The largest absolute Gasteiger partial charge is 0.468 e. The van der Waals surface area contributed by atoms with Crippen molar-refractivity contribution in [3.05, 3.63) is 65.5 Å². The first-order valence-corrected chi connectivity index (χ1v) is 6.88. The predicted octanol–water partition coefficient (Wildman–Crippen LogP) is 2.00. The summed E-state index contributed by atoms with van der Waals surface area (Å²) in [6.07, 6.45) is 2.13. The van der Waals surface area contributed by atoms with Crippen molar-refractivity contribution in [1.82, 2.24) is 4.98 Å². The summed E-state index contributed by atoms with van der Waals surface area (Å²) < 4.78 is 5.04. The number of carbonyl (C=O) groups excluding carboxylic acids is 1. The van der Waals surface area contributed by atoms with Crippen LogP contribution in [-0.2, 0) is 21.4 Å². The summed E-state index contributed by atoms with van der Waals surface area (Å²) >= 11 is 0. The number of ether oxygens (including phenoxy) is 1. The monoisotopic (exact) mass is 284 g/mol. The Kier molecular flexibility index (Phi) is 4.70. The molecule has 1 aromatic heterocycles. The lowest BCUT2D eigenvalue weighted by Crippen LogP contribution is -2.46. The summed E-state index contributed by atoms with van der Waals surface area (Å²) in [4.78, 5) is 16.8. The summed E-state index contributed by atoms with van der Waals surface area (Å²) in [7, 11) is 1.39. The molecule has 4 heteroatoms. The zero-order valence-electron chi connectivity index (χ0n) is 12.4. The number of nitrogens with two attached hydrogens (primary N) is 1. The van der Waals surface area contributed by atoms with Crippen molar-refractivity contribution in [2.24, 2.45) is 5.73 Å². The Labute approximate surface area is 125 Å². The summed E-state index contributed by atoms with van der Waals surface area (Å²) in [5.41, 5.74) is 7.82. The highest BCUT2D eigenvalue weighted by atomic mass is 16.5. The number of benzene rings is 1. The maximum absolute atomic E-state index is 12.5. The van der Waals surface area contributed by atoms with Crippen molar-refractivity contribution in [2.75, 3.05) is 13.7 Å². The average Bonchev–Trinajstić information content (AvgIpc) is 2.53. The molecule has 1 heterocycles. The first-order valence-electron chi connectivity index (χ1n) is 6.88. The van der Waals surface area contributed by atoms with Gasteiger partial charge >= 0.3 is 5.97 Å². The molecule has 0 aliphatic heterocycles. The average molecular weight is 284 g/mol. The summed E-state index contributed by atoms with van der Waals surface area (Å²) in [6, 6.07) is 13.4. The first kappa shape index (κ1) is 15.2. The fourth-order valence-electron chi connectivity index (χ4n) is 2.66. The standard InChI is InChI=1S/C17H20N2O2/c1-13-7-3-4-9-15(13)17(12-18,16(20)21-2)11-14-8-5-6-10-19-14/h3-10H,11-12,18H2,1-2H3. The first-order chi connectivity index (χ1) is 10.1. The number of nitrogens with zero attached hydrogens (tertiary/aromatic N) is 1. The van der Waals surface area contributed by atoms with E-state index in [-0.39, 0.29) is 12.5 Å². The van der Waals surface area contributed by atoms with E-state index in [0.717, 1.165) is 16.8 Å². The van der Waals surface area contributed by atoms with Crippen molar-refractivity contribution in [3.63, 3.8) is 0 Å². The van der Waals surface area contributed by atoms with Gasteiger partial charge in [0.2, 0.25) is 0 Å². The van der Waals surface area contributed by atoms with Crippen molar-refractivity contribution >= 4 is 5.97 Å². The highest BCUT2D eigenvalue weighted by Crippen LogP contribution is 2.31. The van der Waals surface area contributed by atoms with Crippen molar-refractivity contribution < 1.29 is 9.53 Å². The molecule has 2 rings (SSSR count). The molecule has 21 heavy (non-hydrogen) atoms. The number of aryl methyl sites for hydroxylation is 1. The lowest BCUT2D eigenvalue weighted by molar-refractivity contribution is -0.147. The predicted molar refractivity (Wildman–Crippen MR) is 81.9 cm³/mol. The van der Waals surface area contributed by atoms with Gasteiger partial charge in [-0.05, 0) is 30.2 Å². The third-order valence-corrected chi connectivity index (χ3v) is 3.79. The summed E-state index contributed by atoms with van der Waals surface area (Å²) in [5.74, 6) is -0.329. The molecule has 0 spiro atoms. The molecule has 110 valence electrons. The van der Waals surface area contributed by atoms with Crippen molar-refractivity contribution in [3.8, 4) is 0 Å². The molecule has 2 aromatic rings. The Balaban J connectivity index is 2.54. The van der Waals surface area contributed by atoms with Gasteiger partial charge in [0.25, 0.3) is 0 Å². The zero-order chi connectivity index (χ0) is 15.3. The lowest BCUT2D eigenvalue weighted by Gasteiger charge is -2.31. The van der Waals surface area contributed by atoms with E-state index in [1.165, 1.54) is 7.11 Å². The van der Waals surface area contributed by atoms with Gasteiger partial charge in [0, 0.05) is 24.9 Å². The normalized spacial score (nSPS) is 13.5. The van der Waals surface area contributed by atoms with E-state index < -0.39 is 5.41 Å². The second-order valence-corrected chi connectivity index (χ2v) is 5.09. The molecule has 2 N–H and O–H groups in total. The van der Waals surface area contributed by atoms with Crippen molar-refractivity contribution in [2.45, 2.75) is 18.8 Å². The third-order valence-electron chi connectivity index (χ3n) is 3.79. The molecule has 0 saturated heterocycles. The van der Waals surface area contributed by atoms with Gasteiger partial charge in [0.05, 0.1) is 7.11 Å².